The molecule has 1 aromatic rings. The Labute approximate surface area is 225 Å². The molecule has 9 nitrogen and oxygen atoms in total. The van der Waals surface area contributed by atoms with E-state index in [9.17, 15) is 19.2 Å². The molecule has 208 valence electrons. The maximum atomic E-state index is 14.0. The van der Waals surface area contributed by atoms with Gasteiger partial charge in [-0.15, -0.1) is 0 Å². The Morgan fingerprint density at radius 2 is 1.78 bits per heavy atom. The van der Waals surface area contributed by atoms with Gasteiger partial charge in [0.2, 0.25) is 11.8 Å². The second kappa shape index (κ2) is 15.5. The molecule has 0 fully saturated rings. The van der Waals surface area contributed by atoms with E-state index in [1.54, 1.807) is 32.5 Å². The number of ether oxygens (including phenoxy) is 2. The Morgan fingerprint density at radius 1 is 1.11 bits per heavy atom. The number of methoxy groups -OCH3 is 1. The molecule has 2 N–H and O–H groups in total. The number of hydrogen-bond acceptors (Lipinski definition) is 7. The van der Waals surface area contributed by atoms with Crippen LogP contribution in [0.5, 0.6) is 0 Å². The van der Waals surface area contributed by atoms with Crippen molar-refractivity contribution in [2.45, 2.75) is 78.5 Å². The zero-order valence-corrected chi connectivity index (χ0v) is 24.3. The van der Waals surface area contributed by atoms with Crippen molar-refractivity contribution in [3.8, 4) is 0 Å². The molecule has 0 aliphatic carbocycles. The number of rotatable bonds is 13. The van der Waals surface area contributed by atoms with Crippen LogP contribution in [0, 0.1) is 13.8 Å². The van der Waals surface area contributed by atoms with Gasteiger partial charge >= 0.3 is 12.1 Å². The number of hydrogen-bond donors (Lipinski definition) is 2. The molecule has 10 heteroatoms. The molecule has 0 saturated heterocycles. The van der Waals surface area contributed by atoms with E-state index in [0.29, 0.717) is 30.7 Å². The van der Waals surface area contributed by atoms with E-state index >= 15 is 0 Å². The number of thioether (sulfide) groups is 1. The average molecular weight is 538 g/mol. The number of carbonyl (C=O) groups excluding carboxylic acids is 4. The van der Waals surface area contributed by atoms with Crippen molar-refractivity contribution in [2.75, 3.05) is 32.2 Å². The predicted molar refractivity (Wildman–Crippen MR) is 146 cm³/mol. The van der Waals surface area contributed by atoms with E-state index in [0.717, 1.165) is 17.5 Å². The smallest absolute Gasteiger partial charge is 0.408 e. The topological polar surface area (TPSA) is 114 Å². The first-order chi connectivity index (χ1) is 17.3. The molecule has 0 heterocycles. The van der Waals surface area contributed by atoms with Gasteiger partial charge in [0, 0.05) is 6.54 Å². The predicted octanol–water partition coefficient (Wildman–Crippen LogP) is 3.91. The van der Waals surface area contributed by atoms with Gasteiger partial charge in [-0.2, -0.15) is 11.8 Å². The molecule has 1 rings (SSSR count). The van der Waals surface area contributed by atoms with E-state index < -0.39 is 35.7 Å². The Kier molecular flexibility index (Phi) is 13.5. The van der Waals surface area contributed by atoms with Crippen LogP contribution in [0.3, 0.4) is 0 Å². The van der Waals surface area contributed by atoms with Gasteiger partial charge in [-0.25, -0.2) is 4.79 Å². The number of unbranched alkanes of at least 4 members (excludes halogenated alkanes) is 1. The number of nitrogens with zero attached hydrogens (tertiary/aromatic N) is 1. The van der Waals surface area contributed by atoms with Crippen LogP contribution in [-0.2, 0) is 23.9 Å². The molecule has 1 aromatic carbocycles. The molecule has 0 aromatic heterocycles. The van der Waals surface area contributed by atoms with Gasteiger partial charge in [0.05, 0.1) is 7.11 Å². The molecule has 0 radical (unpaired) electrons. The minimum absolute atomic E-state index is 0.296. The third kappa shape index (κ3) is 11.0. The lowest BCUT2D eigenvalue weighted by molar-refractivity contribution is -0.144. The summed E-state index contributed by atoms with van der Waals surface area (Å²) in [4.78, 5) is 53.3. The first-order valence-corrected chi connectivity index (χ1v) is 13.9. The number of benzene rings is 1. The third-order valence-electron chi connectivity index (χ3n) is 5.68. The van der Waals surface area contributed by atoms with Crippen molar-refractivity contribution in [3.63, 3.8) is 0 Å². The fourth-order valence-corrected chi connectivity index (χ4v) is 4.05. The van der Waals surface area contributed by atoms with Crippen molar-refractivity contribution < 1.29 is 28.7 Å². The number of esters is 1. The fraction of sp³-hybridized carbons (Fsp3) is 0.630. The summed E-state index contributed by atoms with van der Waals surface area (Å²) in [6, 6.07) is 3.71. The second-order valence-electron chi connectivity index (χ2n) is 9.91. The third-order valence-corrected chi connectivity index (χ3v) is 6.32. The van der Waals surface area contributed by atoms with Crippen molar-refractivity contribution in [2.24, 2.45) is 0 Å². The highest BCUT2D eigenvalue weighted by Crippen LogP contribution is 2.26. The Morgan fingerprint density at radius 3 is 2.32 bits per heavy atom. The Hall–Kier alpha value is -2.75. The van der Waals surface area contributed by atoms with Crippen molar-refractivity contribution in [1.29, 1.82) is 0 Å². The average Bonchev–Trinajstić information content (AvgIpc) is 2.82. The molecule has 0 spiro atoms. The summed E-state index contributed by atoms with van der Waals surface area (Å²) < 4.78 is 10.1. The highest BCUT2D eigenvalue weighted by molar-refractivity contribution is 7.98. The molecule has 0 aliphatic rings. The zero-order chi connectivity index (χ0) is 28.2. The van der Waals surface area contributed by atoms with Gasteiger partial charge in [-0.3, -0.25) is 14.4 Å². The summed E-state index contributed by atoms with van der Waals surface area (Å²) in [7, 11) is 1.24. The van der Waals surface area contributed by atoms with E-state index in [-0.39, 0.29) is 12.5 Å². The molecular formula is C27H43N3O6S. The van der Waals surface area contributed by atoms with E-state index in [1.807, 2.05) is 45.2 Å². The number of nitrogens with one attached hydrogen (secondary N) is 2. The molecule has 0 bridgehead atoms. The monoisotopic (exact) mass is 537 g/mol. The van der Waals surface area contributed by atoms with Gasteiger partial charge in [-0.1, -0.05) is 31.5 Å². The number of carbonyl (C=O) groups is 4. The second-order valence-corrected chi connectivity index (χ2v) is 10.9. The van der Waals surface area contributed by atoms with E-state index in [4.69, 9.17) is 4.74 Å². The van der Waals surface area contributed by atoms with Gasteiger partial charge in [0.25, 0.3) is 0 Å². The molecule has 3 amide bonds. The Balaban J connectivity index is 3.48. The molecular weight excluding hydrogens is 494 g/mol. The summed E-state index contributed by atoms with van der Waals surface area (Å²) >= 11 is 1.55. The van der Waals surface area contributed by atoms with Crippen LogP contribution in [0.4, 0.5) is 4.79 Å². The molecule has 0 saturated carbocycles. The first-order valence-electron chi connectivity index (χ1n) is 12.5. The van der Waals surface area contributed by atoms with Gasteiger partial charge < -0.3 is 25.0 Å². The summed E-state index contributed by atoms with van der Waals surface area (Å²) in [5, 5.41) is 5.33. The zero-order valence-electron chi connectivity index (χ0n) is 23.4. The summed E-state index contributed by atoms with van der Waals surface area (Å²) in [6.45, 7) is 11.1. The maximum absolute atomic E-state index is 14.0. The van der Waals surface area contributed by atoms with Crippen LogP contribution in [0.25, 0.3) is 0 Å². The number of alkyl carbamates (subject to hydrolysis) is 1. The first kappa shape index (κ1) is 32.3. The lowest BCUT2D eigenvalue weighted by Crippen LogP contribution is -2.53. The van der Waals surface area contributed by atoms with Crippen LogP contribution >= 0.6 is 11.8 Å². The highest BCUT2D eigenvalue weighted by Gasteiger charge is 2.36. The Bertz CT molecular complexity index is 931. The standard InChI is InChI=1S/C27H43N3O6S/c1-9-10-14-30(25(33)21(13-15-37-8)29-26(34)36-27(4,5)6)23(24(32)28-17-22(31)35-7)20-12-11-18(2)19(3)16-20/h11-12,16,21,23H,9-10,13-15,17H2,1-8H3,(H,28,32)(H,29,34). The van der Waals surface area contributed by atoms with Crippen LogP contribution < -0.4 is 10.6 Å². The van der Waals surface area contributed by atoms with Gasteiger partial charge in [0.15, 0.2) is 0 Å². The largest absolute Gasteiger partial charge is 0.468 e. The maximum Gasteiger partial charge on any atom is 0.408 e. The van der Waals surface area contributed by atoms with Crippen molar-refractivity contribution >= 4 is 35.6 Å². The van der Waals surface area contributed by atoms with Crippen LogP contribution in [0.15, 0.2) is 18.2 Å². The van der Waals surface area contributed by atoms with Crippen LogP contribution in [0.2, 0.25) is 0 Å². The van der Waals surface area contributed by atoms with E-state index in [1.165, 1.54) is 12.0 Å². The van der Waals surface area contributed by atoms with Crippen molar-refractivity contribution in [1.82, 2.24) is 15.5 Å². The number of aryl methyl sites for hydroxylation is 2. The fourth-order valence-electron chi connectivity index (χ4n) is 3.57. The van der Waals surface area contributed by atoms with Crippen LogP contribution in [0.1, 0.15) is 69.7 Å². The van der Waals surface area contributed by atoms with Crippen LogP contribution in [-0.4, -0.2) is 72.6 Å². The minimum Gasteiger partial charge on any atom is -0.468 e. The van der Waals surface area contributed by atoms with Gasteiger partial charge in [0.1, 0.15) is 24.2 Å². The molecule has 37 heavy (non-hydrogen) atoms. The summed E-state index contributed by atoms with van der Waals surface area (Å²) in [5.74, 6) is -0.858. The minimum atomic E-state index is -1.000. The van der Waals surface area contributed by atoms with Gasteiger partial charge in [-0.05, 0) is 76.2 Å². The summed E-state index contributed by atoms with van der Waals surface area (Å²) in [5.41, 5.74) is 1.91. The lowest BCUT2D eigenvalue weighted by atomic mass is 9.98. The SMILES string of the molecule is CCCCN(C(=O)C(CCSC)NC(=O)OC(C)(C)C)C(C(=O)NCC(=O)OC)c1ccc(C)c(C)c1. The lowest BCUT2D eigenvalue weighted by Gasteiger charge is -2.34. The highest BCUT2D eigenvalue weighted by atomic mass is 32.2. The quantitative estimate of drug-likeness (QED) is 0.367. The number of amides is 3. The molecule has 2 unspecified atom stereocenters. The summed E-state index contributed by atoms with van der Waals surface area (Å²) in [6.07, 6.45) is 3.04. The normalized spacial score (nSPS) is 12.8. The molecule has 2 atom stereocenters. The molecule has 0 aliphatic heterocycles. The van der Waals surface area contributed by atoms with E-state index in [2.05, 4.69) is 15.4 Å². The van der Waals surface area contributed by atoms with Crippen molar-refractivity contribution in [3.05, 3.63) is 34.9 Å².